The third-order valence-corrected chi connectivity index (χ3v) is 6.28. The number of carbonyl (C=O) groups excluding carboxylic acids is 2. The van der Waals surface area contributed by atoms with Crippen molar-refractivity contribution in [2.24, 2.45) is 11.5 Å². The summed E-state index contributed by atoms with van der Waals surface area (Å²) in [6, 6.07) is 12.1. The van der Waals surface area contributed by atoms with Crippen LogP contribution in [0.1, 0.15) is 35.1 Å². The molecule has 188 valence electrons. The molecule has 8 nitrogen and oxygen atoms in total. The second-order valence-corrected chi connectivity index (χ2v) is 8.98. The third-order valence-electron chi connectivity index (χ3n) is 6.28. The molecule has 2 unspecified atom stereocenters. The number of nitrogens with two attached hydrogens (primary N) is 2. The summed E-state index contributed by atoms with van der Waals surface area (Å²) in [7, 11) is 0. The normalized spacial score (nSPS) is 13.3. The standard InChI is InChI=1S/C28H32N4O4/c1-17-5-3-7-21-27(17)19(15-31-21)9-11-23(29)35-25(33)13-14-26(34)36-24(30)12-10-20-16-32-22-8-4-6-18(2)28(20)22/h3-8,13-16,23-24,31-32H,9-12,29-30H2,1-2H3/b14-13+. The summed E-state index contributed by atoms with van der Waals surface area (Å²) in [6.45, 7) is 4.11. The average Bonchev–Trinajstić information content (AvgIpc) is 3.46. The van der Waals surface area contributed by atoms with E-state index in [0.29, 0.717) is 25.7 Å². The quantitative estimate of drug-likeness (QED) is 0.151. The van der Waals surface area contributed by atoms with Crippen molar-refractivity contribution in [3.05, 3.63) is 83.2 Å². The average molecular weight is 489 g/mol. The van der Waals surface area contributed by atoms with Gasteiger partial charge in [-0.15, -0.1) is 0 Å². The van der Waals surface area contributed by atoms with E-state index in [2.05, 4.69) is 35.9 Å². The summed E-state index contributed by atoms with van der Waals surface area (Å²) in [6.07, 6.45) is 6.51. The lowest BCUT2D eigenvalue weighted by Gasteiger charge is -2.12. The highest BCUT2D eigenvalue weighted by molar-refractivity contribution is 5.92. The van der Waals surface area contributed by atoms with Gasteiger partial charge in [0.1, 0.15) is 0 Å². The maximum absolute atomic E-state index is 12.1. The summed E-state index contributed by atoms with van der Waals surface area (Å²) >= 11 is 0. The van der Waals surface area contributed by atoms with Gasteiger partial charge < -0.3 is 19.4 Å². The van der Waals surface area contributed by atoms with E-state index in [4.69, 9.17) is 20.9 Å². The zero-order valence-corrected chi connectivity index (χ0v) is 20.5. The molecule has 4 aromatic rings. The fourth-order valence-electron chi connectivity index (χ4n) is 4.52. The van der Waals surface area contributed by atoms with E-state index in [9.17, 15) is 9.59 Å². The Morgan fingerprint density at radius 2 is 1.19 bits per heavy atom. The van der Waals surface area contributed by atoms with Crippen LogP contribution in [0, 0.1) is 13.8 Å². The number of hydrogen-bond acceptors (Lipinski definition) is 6. The van der Waals surface area contributed by atoms with Crippen LogP contribution in [-0.2, 0) is 31.9 Å². The van der Waals surface area contributed by atoms with Crippen LogP contribution in [0.4, 0.5) is 0 Å². The van der Waals surface area contributed by atoms with Crippen molar-refractivity contribution < 1.29 is 19.1 Å². The molecule has 2 aromatic carbocycles. The molecule has 0 bridgehead atoms. The van der Waals surface area contributed by atoms with E-state index in [1.807, 2.05) is 36.7 Å². The fraction of sp³-hybridized carbons (Fsp3) is 0.286. The molecular formula is C28H32N4O4. The van der Waals surface area contributed by atoms with Gasteiger partial charge in [0.15, 0.2) is 12.5 Å². The Hall–Kier alpha value is -3.88. The Bertz CT molecular complexity index is 1300. The molecule has 0 saturated heterocycles. The van der Waals surface area contributed by atoms with Crippen LogP contribution in [0.15, 0.2) is 60.9 Å². The molecule has 0 aliphatic heterocycles. The topological polar surface area (TPSA) is 136 Å². The van der Waals surface area contributed by atoms with Gasteiger partial charge >= 0.3 is 11.9 Å². The molecule has 8 heteroatoms. The minimum Gasteiger partial charge on any atom is -0.444 e. The lowest BCUT2D eigenvalue weighted by atomic mass is 10.0. The first-order valence-corrected chi connectivity index (χ1v) is 12.0. The molecular weight excluding hydrogens is 456 g/mol. The summed E-state index contributed by atoms with van der Waals surface area (Å²) in [5.74, 6) is -1.42. The third kappa shape index (κ3) is 6.02. The van der Waals surface area contributed by atoms with E-state index in [0.717, 1.165) is 45.1 Å². The van der Waals surface area contributed by atoms with Gasteiger partial charge in [0.2, 0.25) is 0 Å². The molecule has 2 atom stereocenters. The van der Waals surface area contributed by atoms with Crippen LogP contribution >= 0.6 is 0 Å². The van der Waals surface area contributed by atoms with E-state index in [1.165, 1.54) is 11.1 Å². The molecule has 0 saturated carbocycles. The first-order chi connectivity index (χ1) is 17.3. The van der Waals surface area contributed by atoms with Crippen LogP contribution in [0.5, 0.6) is 0 Å². The first-order valence-electron chi connectivity index (χ1n) is 12.0. The van der Waals surface area contributed by atoms with Gasteiger partial charge in [0, 0.05) is 59.2 Å². The molecule has 2 aromatic heterocycles. The number of aryl methyl sites for hydroxylation is 4. The molecule has 0 spiro atoms. The highest BCUT2D eigenvalue weighted by Gasteiger charge is 2.14. The largest absolute Gasteiger partial charge is 0.444 e. The van der Waals surface area contributed by atoms with Crippen molar-refractivity contribution >= 4 is 33.7 Å². The number of aromatic nitrogens is 2. The van der Waals surface area contributed by atoms with Crippen LogP contribution < -0.4 is 11.5 Å². The summed E-state index contributed by atoms with van der Waals surface area (Å²) < 4.78 is 10.4. The maximum atomic E-state index is 12.1. The monoisotopic (exact) mass is 488 g/mol. The van der Waals surface area contributed by atoms with Gasteiger partial charge in [0.25, 0.3) is 0 Å². The van der Waals surface area contributed by atoms with Gasteiger partial charge in [-0.3, -0.25) is 11.5 Å². The predicted molar refractivity (Wildman–Crippen MR) is 140 cm³/mol. The van der Waals surface area contributed by atoms with Gasteiger partial charge in [-0.25, -0.2) is 9.59 Å². The first kappa shape index (κ1) is 25.2. The molecule has 6 N–H and O–H groups in total. The summed E-state index contributed by atoms with van der Waals surface area (Å²) in [5.41, 5.74) is 18.6. The number of nitrogens with one attached hydrogen (secondary N) is 2. The molecule has 36 heavy (non-hydrogen) atoms. The molecule has 2 heterocycles. The number of carbonyl (C=O) groups is 2. The summed E-state index contributed by atoms with van der Waals surface area (Å²) in [5, 5.41) is 2.32. The van der Waals surface area contributed by atoms with Crippen molar-refractivity contribution in [1.82, 2.24) is 9.97 Å². The SMILES string of the molecule is Cc1cccc2[nH]cc(CCC(N)OC(=O)/C=C/C(=O)OC(N)CCc3c[nH]c4cccc(C)c34)c12. The number of rotatable bonds is 10. The Balaban J connectivity index is 1.20. The van der Waals surface area contributed by atoms with Crippen LogP contribution in [0.25, 0.3) is 21.8 Å². The highest BCUT2D eigenvalue weighted by atomic mass is 16.6. The Kier molecular flexibility index (Phi) is 7.87. The van der Waals surface area contributed by atoms with Crippen LogP contribution in [0.3, 0.4) is 0 Å². The van der Waals surface area contributed by atoms with Crippen molar-refractivity contribution in [3.63, 3.8) is 0 Å². The lowest BCUT2D eigenvalue weighted by Crippen LogP contribution is -2.28. The van der Waals surface area contributed by atoms with Crippen molar-refractivity contribution in [1.29, 1.82) is 0 Å². The Morgan fingerprint density at radius 3 is 1.61 bits per heavy atom. The number of fused-ring (bicyclic) bond motifs is 2. The smallest absolute Gasteiger partial charge is 0.332 e. The second kappa shape index (κ2) is 11.2. The zero-order valence-electron chi connectivity index (χ0n) is 20.5. The number of H-pyrrole nitrogens is 2. The van der Waals surface area contributed by atoms with E-state index >= 15 is 0 Å². The van der Waals surface area contributed by atoms with E-state index < -0.39 is 24.4 Å². The van der Waals surface area contributed by atoms with Crippen LogP contribution in [-0.4, -0.2) is 34.4 Å². The Labute approximate surface area is 209 Å². The van der Waals surface area contributed by atoms with Crippen molar-refractivity contribution in [2.45, 2.75) is 52.0 Å². The van der Waals surface area contributed by atoms with Gasteiger partial charge in [-0.05, 0) is 61.1 Å². The Morgan fingerprint density at radius 1 is 0.778 bits per heavy atom. The van der Waals surface area contributed by atoms with Crippen molar-refractivity contribution in [3.8, 4) is 0 Å². The van der Waals surface area contributed by atoms with E-state index in [-0.39, 0.29) is 0 Å². The van der Waals surface area contributed by atoms with Gasteiger partial charge in [-0.1, -0.05) is 24.3 Å². The molecule has 0 radical (unpaired) electrons. The fourth-order valence-corrected chi connectivity index (χ4v) is 4.52. The second-order valence-electron chi connectivity index (χ2n) is 8.98. The van der Waals surface area contributed by atoms with Crippen LogP contribution in [0.2, 0.25) is 0 Å². The number of ether oxygens (including phenoxy) is 2. The van der Waals surface area contributed by atoms with Gasteiger partial charge in [0.05, 0.1) is 0 Å². The molecule has 0 fully saturated rings. The minimum atomic E-state index is -0.797. The summed E-state index contributed by atoms with van der Waals surface area (Å²) in [4.78, 5) is 30.6. The lowest BCUT2D eigenvalue weighted by molar-refractivity contribution is -0.145. The van der Waals surface area contributed by atoms with E-state index in [1.54, 1.807) is 0 Å². The molecule has 4 rings (SSSR count). The van der Waals surface area contributed by atoms with Gasteiger partial charge in [-0.2, -0.15) is 0 Å². The molecule has 0 amide bonds. The highest BCUT2D eigenvalue weighted by Crippen LogP contribution is 2.24. The number of esters is 2. The number of aromatic amines is 2. The predicted octanol–water partition coefficient (Wildman–Crippen LogP) is 4.04. The number of hydrogen-bond donors (Lipinski definition) is 4. The minimum absolute atomic E-state index is 0.448. The maximum Gasteiger partial charge on any atom is 0.332 e. The zero-order chi connectivity index (χ0) is 25.7. The number of benzene rings is 2. The molecule has 0 aliphatic carbocycles. The molecule has 0 aliphatic rings. The van der Waals surface area contributed by atoms with Crippen molar-refractivity contribution in [2.75, 3.05) is 0 Å².